The van der Waals surface area contributed by atoms with Crippen molar-refractivity contribution in [1.82, 2.24) is 4.90 Å². The van der Waals surface area contributed by atoms with E-state index in [9.17, 15) is 9.59 Å². The van der Waals surface area contributed by atoms with Crippen molar-refractivity contribution in [1.29, 1.82) is 0 Å². The Morgan fingerprint density at radius 2 is 1.52 bits per heavy atom. The number of esters is 1. The van der Waals surface area contributed by atoms with Crippen LogP contribution in [0.2, 0.25) is 0 Å². The summed E-state index contributed by atoms with van der Waals surface area (Å²) in [6, 6.07) is 24.0. The Labute approximate surface area is 194 Å². The first kappa shape index (κ1) is 23.6. The van der Waals surface area contributed by atoms with Gasteiger partial charge in [0.1, 0.15) is 11.5 Å². The molecule has 0 atom stereocenters. The highest BCUT2D eigenvalue weighted by molar-refractivity contribution is 6.22. The minimum atomic E-state index is -0.585. The summed E-state index contributed by atoms with van der Waals surface area (Å²) in [5.41, 5.74) is 2.70. The second kappa shape index (κ2) is 11.5. The van der Waals surface area contributed by atoms with E-state index in [0.29, 0.717) is 23.4 Å². The van der Waals surface area contributed by atoms with Crippen LogP contribution in [0, 0.1) is 0 Å². The van der Waals surface area contributed by atoms with Crippen LogP contribution < -0.4 is 9.47 Å². The van der Waals surface area contributed by atoms with Crippen molar-refractivity contribution >= 4 is 23.5 Å². The number of methoxy groups -OCH3 is 2. The van der Waals surface area contributed by atoms with E-state index >= 15 is 0 Å². The molecule has 0 bridgehead atoms. The van der Waals surface area contributed by atoms with E-state index < -0.39 is 5.97 Å². The lowest BCUT2D eigenvalue weighted by Crippen LogP contribution is -2.31. The van der Waals surface area contributed by atoms with Crippen molar-refractivity contribution in [3.63, 3.8) is 0 Å². The smallest absolute Gasteiger partial charge is 0.339 e. The average molecular weight is 446 g/mol. The van der Waals surface area contributed by atoms with E-state index in [4.69, 9.17) is 14.2 Å². The molecular weight excluding hydrogens is 418 g/mol. The molecule has 0 heterocycles. The van der Waals surface area contributed by atoms with Gasteiger partial charge in [0.25, 0.3) is 5.91 Å². The highest BCUT2D eigenvalue weighted by Crippen LogP contribution is 2.25. The number of amides is 1. The molecule has 33 heavy (non-hydrogen) atoms. The van der Waals surface area contributed by atoms with Crippen LogP contribution in [0.3, 0.4) is 0 Å². The topological polar surface area (TPSA) is 65.1 Å². The summed E-state index contributed by atoms with van der Waals surface area (Å²) < 4.78 is 16.0. The van der Waals surface area contributed by atoms with E-state index in [0.717, 1.165) is 16.9 Å². The predicted octanol–water partition coefficient (Wildman–Crippen LogP) is 4.45. The van der Waals surface area contributed by atoms with Crippen LogP contribution in [-0.4, -0.2) is 44.7 Å². The maximum Gasteiger partial charge on any atom is 0.339 e. The summed E-state index contributed by atoms with van der Waals surface area (Å²) in [5, 5.41) is 0. The SMILES string of the molecule is COc1ccc(CN(C)C(=O)COC(=O)/C(=C/c2ccccc2OC)c2ccccc2)cc1. The molecule has 1 amide bonds. The highest BCUT2D eigenvalue weighted by atomic mass is 16.5. The quantitative estimate of drug-likeness (QED) is 0.277. The third kappa shape index (κ3) is 6.46. The predicted molar refractivity (Wildman–Crippen MR) is 128 cm³/mol. The number of ether oxygens (including phenoxy) is 3. The summed E-state index contributed by atoms with van der Waals surface area (Å²) in [7, 11) is 4.85. The summed E-state index contributed by atoms with van der Waals surface area (Å²) >= 11 is 0. The van der Waals surface area contributed by atoms with Gasteiger partial charge in [0, 0.05) is 19.2 Å². The van der Waals surface area contributed by atoms with Crippen molar-refractivity contribution in [2.75, 3.05) is 27.9 Å². The molecule has 6 nitrogen and oxygen atoms in total. The Morgan fingerprint density at radius 1 is 0.848 bits per heavy atom. The lowest BCUT2D eigenvalue weighted by Gasteiger charge is -2.18. The molecule has 0 N–H and O–H groups in total. The minimum Gasteiger partial charge on any atom is -0.497 e. The van der Waals surface area contributed by atoms with E-state index in [1.165, 1.54) is 4.90 Å². The molecule has 0 fully saturated rings. The number of benzene rings is 3. The van der Waals surface area contributed by atoms with Crippen LogP contribution in [0.15, 0.2) is 78.9 Å². The van der Waals surface area contributed by atoms with Gasteiger partial charge in [-0.25, -0.2) is 4.79 Å². The number of likely N-dealkylation sites (N-methyl/N-ethyl adjacent to an activating group) is 1. The molecule has 3 aromatic rings. The van der Waals surface area contributed by atoms with Crippen LogP contribution in [0.4, 0.5) is 0 Å². The fourth-order valence-electron chi connectivity index (χ4n) is 3.23. The normalized spacial score (nSPS) is 10.9. The molecule has 0 unspecified atom stereocenters. The van der Waals surface area contributed by atoms with Crippen LogP contribution >= 0.6 is 0 Å². The number of nitrogens with zero attached hydrogens (tertiary/aromatic N) is 1. The van der Waals surface area contributed by atoms with Gasteiger partial charge < -0.3 is 19.1 Å². The third-order valence-corrected chi connectivity index (χ3v) is 5.07. The molecule has 0 saturated heterocycles. The van der Waals surface area contributed by atoms with Crippen LogP contribution in [0.25, 0.3) is 11.6 Å². The van der Waals surface area contributed by atoms with Gasteiger partial charge in [-0.1, -0.05) is 60.7 Å². The van der Waals surface area contributed by atoms with Gasteiger partial charge in [-0.05, 0) is 35.4 Å². The second-order valence-corrected chi connectivity index (χ2v) is 7.34. The van der Waals surface area contributed by atoms with Gasteiger partial charge in [-0.15, -0.1) is 0 Å². The fourth-order valence-corrected chi connectivity index (χ4v) is 3.23. The highest BCUT2D eigenvalue weighted by Gasteiger charge is 2.18. The molecular formula is C27H27NO5. The Morgan fingerprint density at radius 3 is 2.18 bits per heavy atom. The lowest BCUT2D eigenvalue weighted by atomic mass is 10.0. The lowest BCUT2D eigenvalue weighted by molar-refractivity contribution is -0.147. The first-order valence-corrected chi connectivity index (χ1v) is 10.5. The Balaban J connectivity index is 1.71. The minimum absolute atomic E-state index is 0.302. The van der Waals surface area contributed by atoms with Crippen LogP contribution in [0.1, 0.15) is 16.7 Å². The molecule has 0 aromatic heterocycles. The van der Waals surface area contributed by atoms with Crippen LogP contribution in [-0.2, 0) is 20.9 Å². The zero-order chi connectivity index (χ0) is 23.6. The number of rotatable bonds is 9. The molecule has 0 aliphatic heterocycles. The largest absolute Gasteiger partial charge is 0.497 e. The monoisotopic (exact) mass is 445 g/mol. The standard InChI is InChI=1S/C27H27NO5/c1-28(18-20-13-15-23(31-2)16-14-20)26(29)19-33-27(30)24(21-9-5-4-6-10-21)17-22-11-7-8-12-25(22)32-3/h4-17H,18-19H2,1-3H3/b24-17+. The number of carbonyl (C=O) groups excluding carboxylic acids is 2. The van der Waals surface area contributed by atoms with E-state index in [-0.39, 0.29) is 12.5 Å². The summed E-state index contributed by atoms with van der Waals surface area (Å²) in [4.78, 5) is 27.1. The maximum atomic E-state index is 13.0. The van der Waals surface area contributed by atoms with E-state index in [1.807, 2.05) is 78.9 Å². The molecule has 0 saturated carbocycles. The number of hydrogen-bond acceptors (Lipinski definition) is 5. The Hall–Kier alpha value is -4.06. The van der Waals surface area contributed by atoms with Crippen molar-refractivity contribution < 1.29 is 23.8 Å². The van der Waals surface area contributed by atoms with Crippen molar-refractivity contribution in [2.45, 2.75) is 6.54 Å². The van der Waals surface area contributed by atoms with E-state index in [2.05, 4.69) is 0 Å². The second-order valence-electron chi connectivity index (χ2n) is 7.34. The van der Waals surface area contributed by atoms with Crippen molar-refractivity contribution in [3.05, 3.63) is 95.6 Å². The molecule has 0 aliphatic carbocycles. The Kier molecular flexibility index (Phi) is 8.24. The van der Waals surface area contributed by atoms with Gasteiger partial charge in [0.2, 0.25) is 0 Å². The van der Waals surface area contributed by atoms with Gasteiger partial charge in [0.05, 0.1) is 19.8 Å². The molecule has 3 aromatic carbocycles. The molecule has 170 valence electrons. The van der Waals surface area contributed by atoms with Gasteiger partial charge in [-0.3, -0.25) is 4.79 Å². The summed E-state index contributed by atoms with van der Waals surface area (Å²) in [6.07, 6.45) is 1.71. The average Bonchev–Trinajstić information content (AvgIpc) is 2.86. The first-order chi connectivity index (χ1) is 16.0. The molecule has 6 heteroatoms. The molecule has 0 radical (unpaired) electrons. The van der Waals surface area contributed by atoms with Gasteiger partial charge in [-0.2, -0.15) is 0 Å². The number of para-hydroxylation sites is 1. The zero-order valence-electron chi connectivity index (χ0n) is 19.0. The first-order valence-electron chi connectivity index (χ1n) is 10.5. The molecule has 3 rings (SSSR count). The molecule has 0 spiro atoms. The molecule has 0 aliphatic rings. The van der Waals surface area contributed by atoms with E-state index in [1.54, 1.807) is 27.3 Å². The number of hydrogen-bond donors (Lipinski definition) is 0. The van der Waals surface area contributed by atoms with Crippen molar-refractivity contribution in [3.8, 4) is 11.5 Å². The summed E-state index contributed by atoms with van der Waals surface area (Å²) in [5.74, 6) is 0.494. The number of carbonyl (C=O) groups is 2. The van der Waals surface area contributed by atoms with Crippen molar-refractivity contribution in [2.24, 2.45) is 0 Å². The zero-order valence-corrected chi connectivity index (χ0v) is 19.0. The van der Waals surface area contributed by atoms with Crippen LogP contribution in [0.5, 0.6) is 11.5 Å². The fraction of sp³-hybridized carbons (Fsp3) is 0.185. The third-order valence-electron chi connectivity index (χ3n) is 5.07. The summed E-state index contributed by atoms with van der Waals surface area (Å²) in [6.45, 7) is 0.0323. The Bertz CT molecular complexity index is 1110. The van der Waals surface area contributed by atoms with Gasteiger partial charge >= 0.3 is 5.97 Å². The maximum absolute atomic E-state index is 13.0. The van der Waals surface area contributed by atoms with Gasteiger partial charge in [0.15, 0.2) is 6.61 Å².